The number of hydrogen-bond donors (Lipinski definition) is 3. The fourth-order valence-corrected chi connectivity index (χ4v) is 6.14. The summed E-state index contributed by atoms with van der Waals surface area (Å²) in [6.45, 7) is 0.729. The predicted octanol–water partition coefficient (Wildman–Crippen LogP) is 2.76. The Balaban J connectivity index is 0.00000187. The SMILES string of the molecule is NO.O=C(O)C(CCCc1ccccc1)CS(=O)(=O)C1CCN(C(=O)c2ccccc2)CC1. The zero-order valence-electron chi connectivity index (χ0n) is 18.5. The van der Waals surface area contributed by atoms with Crippen molar-refractivity contribution in [3.8, 4) is 0 Å². The number of rotatable bonds is 9. The van der Waals surface area contributed by atoms with Gasteiger partial charge in [-0.3, -0.25) is 9.59 Å². The highest BCUT2D eigenvalue weighted by Crippen LogP contribution is 2.23. The van der Waals surface area contributed by atoms with Crippen LogP contribution < -0.4 is 5.90 Å². The molecule has 3 rings (SSSR count). The molecule has 180 valence electrons. The number of benzene rings is 2. The van der Waals surface area contributed by atoms with Crippen molar-refractivity contribution in [3.63, 3.8) is 0 Å². The topological polar surface area (TPSA) is 138 Å². The molecule has 9 heteroatoms. The highest BCUT2D eigenvalue weighted by molar-refractivity contribution is 7.92. The summed E-state index contributed by atoms with van der Waals surface area (Å²) in [5.41, 5.74) is 1.71. The van der Waals surface area contributed by atoms with E-state index in [-0.39, 0.29) is 11.7 Å². The van der Waals surface area contributed by atoms with Crippen LogP contribution >= 0.6 is 0 Å². The number of likely N-dealkylation sites (tertiary alicyclic amines) is 1. The van der Waals surface area contributed by atoms with Crippen molar-refractivity contribution in [1.82, 2.24) is 4.90 Å². The quantitative estimate of drug-likeness (QED) is 0.473. The van der Waals surface area contributed by atoms with Crippen LogP contribution in [0.3, 0.4) is 0 Å². The zero-order chi connectivity index (χ0) is 24.3. The van der Waals surface area contributed by atoms with E-state index in [1.54, 1.807) is 29.2 Å². The standard InChI is InChI=1S/C24H29NO5S.H3NO/c26-23(20-11-5-2-6-12-20)25-16-14-22(15-17-25)31(29,30)18-21(24(27)28)13-7-10-19-8-3-1-4-9-19;1-2/h1-6,8-9,11-12,21-22H,7,10,13-18H2,(H,27,28);2H,1H2. The van der Waals surface area contributed by atoms with Crippen molar-refractivity contribution in [2.24, 2.45) is 11.8 Å². The van der Waals surface area contributed by atoms with Gasteiger partial charge in [-0.05, 0) is 49.8 Å². The van der Waals surface area contributed by atoms with E-state index in [1.807, 2.05) is 36.4 Å². The number of amides is 1. The van der Waals surface area contributed by atoms with E-state index in [1.165, 1.54) is 0 Å². The van der Waals surface area contributed by atoms with Gasteiger partial charge in [0.1, 0.15) is 0 Å². The van der Waals surface area contributed by atoms with E-state index in [9.17, 15) is 23.1 Å². The number of carbonyl (C=O) groups excluding carboxylic acids is 1. The number of sulfone groups is 1. The largest absolute Gasteiger partial charge is 0.481 e. The lowest BCUT2D eigenvalue weighted by Gasteiger charge is -2.32. The number of nitrogens with two attached hydrogens (primary N) is 1. The Morgan fingerprint density at radius 1 is 0.970 bits per heavy atom. The zero-order valence-corrected chi connectivity index (χ0v) is 19.4. The molecule has 0 aliphatic carbocycles. The summed E-state index contributed by atoms with van der Waals surface area (Å²) < 4.78 is 25.8. The molecule has 33 heavy (non-hydrogen) atoms. The van der Waals surface area contributed by atoms with Crippen LogP contribution in [0.25, 0.3) is 0 Å². The van der Waals surface area contributed by atoms with Crippen molar-refractivity contribution in [3.05, 3.63) is 71.8 Å². The Bertz CT molecular complexity index is 975. The van der Waals surface area contributed by atoms with Crippen molar-refractivity contribution < 1.29 is 28.3 Å². The van der Waals surface area contributed by atoms with E-state index >= 15 is 0 Å². The second-order valence-corrected chi connectivity index (χ2v) is 10.4. The van der Waals surface area contributed by atoms with Crippen molar-refractivity contribution in [2.45, 2.75) is 37.4 Å². The van der Waals surface area contributed by atoms with Crippen molar-refractivity contribution in [1.29, 1.82) is 0 Å². The third-order valence-electron chi connectivity index (χ3n) is 5.90. The first-order valence-electron chi connectivity index (χ1n) is 11.0. The number of nitrogens with zero attached hydrogens (tertiary/aromatic N) is 1. The molecule has 2 aromatic carbocycles. The number of aryl methyl sites for hydroxylation is 1. The number of hydrogen-bond acceptors (Lipinski definition) is 6. The van der Waals surface area contributed by atoms with Gasteiger partial charge in [0.2, 0.25) is 0 Å². The first kappa shape index (κ1) is 26.5. The van der Waals surface area contributed by atoms with Gasteiger partial charge in [-0.1, -0.05) is 48.5 Å². The molecule has 1 unspecified atom stereocenters. The lowest BCUT2D eigenvalue weighted by molar-refractivity contribution is -0.141. The second kappa shape index (κ2) is 13.1. The molecule has 1 atom stereocenters. The number of piperidine rings is 1. The minimum absolute atomic E-state index is 0.0965. The fourth-order valence-electron chi connectivity index (χ4n) is 4.07. The lowest BCUT2D eigenvalue weighted by Crippen LogP contribution is -2.44. The molecule has 0 aromatic heterocycles. The summed E-state index contributed by atoms with van der Waals surface area (Å²) in [5.74, 6) is 1.10. The Hall–Kier alpha value is -2.75. The minimum atomic E-state index is -3.56. The Morgan fingerprint density at radius 3 is 2.06 bits per heavy atom. The highest BCUT2D eigenvalue weighted by atomic mass is 32.2. The molecule has 1 saturated heterocycles. The Kier molecular flexibility index (Phi) is 10.5. The third kappa shape index (κ3) is 7.96. The van der Waals surface area contributed by atoms with Gasteiger partial charge in [0.25, 0.3) is 5.91 Å². The number of carboxylic acids is 1. The smallest absolute Gasteiger partial charge is 0.307 e. The van der Waals surface area contributed by atoms with E-state index in [4.69, 9.17) is 5.21 Å². The van der Waals surface area contributed by atoms with Gasteiger partial charge in [0.15, 0.2) is 9.84 Å². The van der Waals surface area contributed by atoms with Crippen LogP contribution in [0.1, 0.15) is 41.6 Å². The number of carboxylic acid groups (broad SMARTS) is 1. The number of aliphatic carboxylic acids is 1. The van der Waals surface area contributed by atoms with E-state index in [0.717, 1.165) is 12.0 Å². The number of carbonyl (C=O) groups is 2. The van der Waals surface area contributed by atoms with Crippen molar-refractivity contribution in [2.75, 3.05) is 18.8 Å². The van der Waals surface area contributed by atoms with E-state index < -0.39 is 27.0 Å². The molecular formula is C24H32N2O6S. The summed E-state index contributed by atoms with van der Waals surface area (Å²) in [4.78, 5) is 25.9. The summed E-state index contributed by atoms with van der Waals surface area (Å²) in [6.07, 6.45) is 2.37. The molecule has 0 spiro atoms. The summed E-state index contributed by atoms with van der Waals surface area (Å²) >= 11 is 0. The second-order valence-electron chi connectivity index (χ2n) is 8.10. The van der Waals surface area contributed by atoms with Crippen LogP contribution in [0.2, 0.25) is 0 Å². The molecule has 1 amide bonds. The van der Waals surface area contributed by atoms with Crippen LogP contribution in [0.4, 0.5) is 0 Å². The Morgan fingerprint density at radius 2 is 1.52 bits per heavy atom. The average Bonchev–Trinajstić information content (AvgIpc) is 2.85. The molecule has 1 aliphatic rings. The van der Waals surface area contributed by atoms with Gasteiger partial charge in [-0.2, -0.15) is 0 Å². The van der Waals surface area contributed by atoms with Crippen LogP contribution in [0.15, 0.2) is 60.7 Å². The lowest BCUT2D eigenvalue weighted by atomic mass is 10.0. The van der Waals surface area contributed by atoms with E-state index in [0.29, 0.717) is 44.3 Å². The van der Waals surface area contributed by atoms with Gasteiger partial charge in [0, 0.05) is 18.7 Å². The van der Waals surface area contributed by atoms with Gasteiger partial charge in [-0.25, -0.2) is 14.3 Å². The molecule has 2 aromatic rings. The normalized spacial score (nSPS) is 15.3. The van der Waals surface area contributed by atoms with Gasteiger partial charge < -0.3 is 15.2 Å². The van der Waals surface area contributed by atoms with Crippen LogP contribution in [-0.2, 0) is 21.1 Å². The van der Waals surface area contributed by atoms with E-state index in [2.05, 4.69) is 5.90 Å². The first-order chi connectivity index (χ1) is 15.9. The molecule has 1 fully saturated rings. The van der Waals surface area contributed by atoms with Crippen LogP contribution in [0, 0.1) is 5.92 Å². The molecule has 1 heterocycles. The maximum absolute atomic E-state index is 12.9. The molecule has 0 saturated carbocycles. The van der Waals surface area contributed by atoms with Crippen LogP contribution in [0.5, 0.6) is 0 Å². The minimum Gasteiger partial charge on any atom is -0.481 e. The highest BCUT2D eigenvalue weighted by Gasteiger charge is 2.35. The first-order valence-corrected chi connectivity index (χ1v) is 12.7. The summed E-state index contributed by atoms with van der Waals surface area (Å²) in [6, 6.07) is 18.7. The van der Waals surface area contributed by atoms with Crippen LogP contribution in [-0.4, -0.2) is 59.6 Å². The maximum atomic E-state index is 12.9. The monoisotopic (exact) mass is 476 g/mol. The Labute approximate surface area is 194 Å². The average molecular weight is 477 g/mol. The third-order valence-corrected chi connectivity index (χ3v) is 8.26. The summed E-state index contributed by atoms with van der Waals surface area (Å²) in [7, 11) is -3.56. The van der Waals surface area contributed by atoms with Gasteiger partial charge >= 0.3 is 5.97 Å². The molecule has 8 nitrogen and oxygen atoms in total. The van der Waals surface area contributed by atoms with Crippen molar-refractivity contribution >= 4 is 21.7 Å². The molecule has 0 bridgehead atoms. The molecule has 1 aliphatic heterocycles. The molecular weight excluding hydrogens is 444 g/mol. The maximum Gasteiger partial charge on any atom is 0.307 e. The van der Waals surface area contributed by atoms with Gasteiger partial charge in [0.05, 0.1) is 16.9 Å². The predicted molar refractivity (Wildman–Crippen MR) is 126 cm³/mol. The summed E-state index contributed by atoms with van der Waals surface area (Å²) in [5, 5.41) is 15.5. The molecule has 4 N–H and O–H groups in total. The fraction of sp³-hybridized carbons (Fsp3) is 0.417. The molecule has 0 radical (unpaired) electrons. The van der Waals surface area contributed by atoms with Gasteiger partial charge in [-0.15, -0.1) is 0 Å².